The number of aliphatic hydroxyl groups is 1. The molecule has 80 valence electrons. The fourth-order valence-corrected chi connectivity index (χ4v) is 3.75. The second kappa shape index (κ2) is 7.37. The van der Waals surface area contributed by atoms with Crippen molar-refractivity contribution in [2.45, 2.75) is 37.4 Å². The van der Waals surface area contributed by atoms with Gasteiger partial charge in [0.2, 0.25) is 5.12 Å². The van der Waals surface area contributed by atoms with E-state index in [4.69, 9.17) is 5.11 Å². The number of carbonyl (C=O) groups is 1. The molecule has 0 radical (unpaired) electrons. The first kappa shape index (κ1) is 12.1. The maximum Gasteiger partial charge on any atom is 0.200 e. The third-order valence-electron chi connectivity index (χ3n) is 2.02. The molecule has 2 nitrogen and oxygen atoms in total. The van der Waals surface area contributed by atoms with Crippen molar-refractivity contribution in [2.75, 3.05) is 6.61 Å². The van der Waals surface area contributed by atoms with Crippen molar-refractivity contribution in [3.05, 3.63) is 12.2 Å². The van der Waals surface area contributed by atoms with E-state index in [1.54, 1.807) is 10.8 Å². The molecule has 1 N–H and O–H groups in total. The molecule has 1 rings (SSSR count). The van der Waals surface area contributed by atoms with Gasteiger partial charge in [0, 0.05) is 18.3 Å². The van der Waals surface area contributed by atoms with E-state index in [2.05, 4.69) is 12.2 Å². The van der Waals surface area contributed by atoms with E-state index in [1.165, 1.54) is 10.8 Å². The second-order valence-corrected chi connectivity index (χ2v) is 5.85. The van der Waals surface area contributed by atoms with Crippen LogP contribution >= 0.6 is 21.6 Å². The summed E-state index contributed by atoms with van der Waals surface area (Å²) >= 11 is 0. The topological polar surface area (TPSA) is 37.3 Å². The molecule has 1 saturated heterocycles. The third-order valence-corrected chi connectivity index (χ3v) is 4.81. The Morgan fingerprint density at radius 3 is 2.86 bits per heavy atom. The summed E-state index contributed by atoms with van der Waals surface area (Å²) in [5.74, 6) is 0. The molecule has 0 saturated carbocycles. The number of hydrogen-bond donors (Lipinski definition) is 1. The second-order valence-electron chi connectivity index (χ2n) is 3.29. The van der Waals surface area contributed by atoms with Gasteiger partial charge in [-0.05, 0) is 36.5 Å². The SMILES string of the molecule is O=C1CC(CC/C=C/CCCO)SS1. The average Bonchev–Trinajstić information content (AvgIpc) is 2.58. The number of aliphatic hydroxyl groups excluding tert-OH is 1. The first-order chi connectivity index (χ1) is 6.83. The predicted octanol–water partition coefficient (Wildman–Crippen LogP) is 2.78. The Bertz CT molecular complexity index is 204. The van der Waals surface area contributed by atoms with Crippen molar-refractivity contribution in [3.63, 3.8) is 0 Å². The number of hydrogen-bond acceptors (Lipinski definition) is 4. The Kier molecular flexibility index (Phi) is 6.39. The number of allylic oxidation sites excluding steroid dienone is 2. The summed E-state index contributed by atoms with van der Waals surface area (Å²) in [4.78, 5) is 10.9. The van der Waals surface area contributed by atoms with Crippen molar-refractivity contribution >= 4 is 26.7 Å². The molecular weight excluding hydrogens is 216 g/mol. The van der Waals surface area contributed by atoms with Crippen molar-refractivity contribution in [2.24, 2.45) is 0 Å². The van der Waals surface area contributed by atoms with Gasteiger partial charge in [-0.3, -0.25) is 4.79 Å². The molecule has 1 unspecified atom stereocenters. The van der Waals surface area contributed by atoms with E-state index in [0.29, 0.717) is 10.4 Å². The van der Waals surface area contributed by atoms with E-state index < -0.39 is 0 Å². The minimum absolute atomic E-state index is 0.272. The van der Waals surface area contributed by atoms with Crippen LogP contribution in [0.4, 0.5) is 0 Å². The average molecular weight is 232 g/mol. The lowest BCUT2D eigenvalue weighted by Crippen LogP contribution is -1.98. The van der Waals surface area contributed by atoms with Crippen LogP contribution in [0.15, 0.2) is 12.2 Å². The summed E-state index contributed by atoms with van der Waals surface area (Å²) in [7, 11) is 3.11. The highest BCUT2D eigenvalue weighted by atomic mass is 33.1. The molecule has 1 fully saturated rings. The smallest absolute Gasteiger partial charge is 0.200 e. The van der Waals surface area contributed by atoms with Crippen LogP contribution in [-0.2, 0) is 4.79 Å². The van der Waals surface area contributed by atoms with Crippen LogP contribution in [0, 0.1) is 0 Å². The minimum atomic E-state index is 0.272. The van der Waals surface area contributed by atoms with E-state index in [-0.39, 0.29) is 6.61 Å². The zero-order valence-corrected chi connectivity index (χ0v) is 9.78. The Balaban J connectivity index is 1.98. The minimum Gasteiger partial charge on any atom is -0.396 e. The quantitative estimate of drug-likeness (QED) is 0.434. The number of carbonyl (C=O) groups excluding carboxylic acids is 1. The van der Waals surface area contributed by atoms with Crippen molar-refractivity contribution in [1.82, 2.24) is 0 Å². The van der Waals surface area contributed by atoms with Gasteiger partial charge in [0.05, 0.1) is 0 Å². The van der Waals surface area contributed by atoms with Gasteiger partial charge in [0.25, 0.3) is 0 Å². The Hall–Kier alpha value is 0.0700. The zero-order chi connectivity index (χ0) is 10.2. The molecule has 0 amide bonds. The summed E-state index contributed by atoms with van der Waals surface area (Å²) in [5.41, 5.74) is 0. The molecule has 14 heavy (non-hydrogen) atoms. The maximum absolute atomic E-state index is 10.9. The molecular formula is C10H16O2S2. The van der Waals surface area contributed by atoms with E-state index in [9.17, 15) is 4.79 Å². The summed E-state index contributed by atoms with van der Waals surface area (Å²) in [5, 5.41) is 9.39. The number of unbranched alkanes of at least 4 members (excludes halogenated alkanes) is 1. The van der Waals surface area contributed by atoms with Crippen LogP contribution in [0.2, 0.25) is 0 Å². The van der Waals surface area contributed by atoms with Gasteiger partial charge < -0.3 is 5.11 Å². The molecule has 0 aromatic carbocycles. The highest BCUT2D eigenvalue weighted by Crippen LogP contribution is 2.40. The van der Waals surface area contributed by atoms with Crippen LogP contribution in [0.5, 0.6) is 0 Å². The first-order valence-electron chi connectivity index (χ1n) is 4.95. The summed E-state index contributed by atoms with van der Waals surface area (Å²) in [6.45, 7) is 0.272. The highest BCUT2D eigenvalue weighted by molar-refractivity contribution is 8.83. The number of rotatable bonds is 6. The van der Waals surface area contributed by atoms with E-state index in [1.807, 2.05) is 0 Å². The third kappa shape index (κ3) is 5.08. The summed E-state index contributed by atoms with van der Waals surface area (Å²) in [6, 6.07) is 0. The monoisotopic (exact) mass is 232 g/mol. The lowest BCUT2D eigenvalue weighted by molar-refractivity contribution is -0.110. The molecule has 0 aliphatic carbocycles. The van der Waals surface area contributed by atoms with Crippen LogP contribution in [0.25, 0.3) is 0 Å². The van der Waals surface area contributed by atoms with E-state index >= 15 is 0 Å². The normalized spacial score (nSPS) is 22.4. The van der Waals surface area contributed by atoms with Gasteiger partial charge >= 0.3 is 0 Å². The van der Waals surface area contributed by atoms with Gasteiger partial charge in [0.1, 0.15) is 0 Å². The van der Waals surface area contributed by atoms with Gasteiger partial charge in [-0.1, -0.05) is 22.9 Å². The molecule has 1 heterocycles. The van der Waals surface area contributed by atoms with Gasteiger partial charge in [-0.15, -0.1) is 0 Å². The molecule has 0 bridgehead atoms. The molecule has 0 aromatic heterocycles. The lowest BCUT2D eigenvalue weighted by Gasteiger charge is -2.01. The predicted molar refractivity (Wildman–Crippen MR) is 63.3 cm³/mol. The molecule has 4 heteroatoms. The lowest BCUT2D eigenvalue weighted by atomic mass is 10.1. The van der Waals surface area contributed by atoms with Crippen LogP contribution < -0.4 is 0 Å². The summed E-state index contributed by atoms with van der Waals surface area (Å²) in [6.07, 6.45) is 8.97. The van der Waals surface area contributed by atoms with Crippen molar-refractivity contribution in [1.29, 1.82) is 0 Å². The maximum atomic E-state index is 10.9. The van der Waals surface area contributed by atoms with Gasteiger partial charge in [-0.25, -0.2) is 0 Å². The zero-order valence-electron chi connectivity index (χ0n) is 8.15. The highest BCUT2D eigenvalue weighted by Gasteiger charge is 2.22. The van der Waals surface area contributed by atoms with Crippen LogP contribution in [-0.4, -0.2) is 22.1 Å². The Morgan fingerprint density at radius 2 is 2.21 bits per heavy atom. The van der Waals surface area contributed by atoms with Gasteiger partial charge in [0.15, 0.2) is 0 Å². The van der Waals surface area contributed by atoms with Crippen molar-refractivity contribution in [3.8, 4) is 0 Å². The standard InChI is InChI=1S/C10H16O2S2/c11-7-5-3-1-2-4-6-9-8-10(12)14-13-9/h1-2,9,11H,3-8H2/b2-1+. The molecule has 0 spiro atoms. The molecule has 1 atom stereocenters. The summed E-state index contributed by atoms with van der Waals surface area (Å²) < 4.78 is 0. The molecule has 1 aliphatic rings. The van der Waals surface area contributed by atoms with Crippen molar-refractivity contribution < 1.29 is 9.90 Å². The van der Waals surface area contributed by atoms with Crippen LogP contribution in [0.3, 0.4) is 0 Å². The Morgan fingerprint density at radius 1 is 1.43 bits per heavy atom. The first-order valence-corrected chi connectivity index (χ1v) is 7.16. The molecule has 0 aromatic rings. The fraction of sp³-hybridized carbons (Fsp3) is 0.700. The Labute approximate surface area is 92.9 Å². The van der Waals surface area contributed by atoms with E-state index in [0.717, 1.165) is 32.1 Å². The van der Waals surface area contributed by atoms with Crippen LogP contribution in [0.1, 0.15) is 32.1 Å². The van der Waals surface area contributed by atoms with Gasteiger partial charge in [-0.2, -0.15) is 0 Å². The molecule has 1 aliphatic heterocycles. The largest absolute Gasteiger partial charge is 0.396 e. The fourth-order valence-electron chi connectivity index (χ4n) is 1.25.